The summed E-state index contributed by atoms with van der Waals surface area (Å²) >= 11 is 0. The van der Waals surface area contributed by atoms with Gasteiger partial charge in [0.05, 0.1) is 18.2 Å². The SMILES string of the molecule is CC(Nc1ccc(N(C)CCO)cc1)c1ccc(C#N)cc1. The van der Waals surface area contributed by atoms with Gasteiger partial charge in [-0.05, 0) is 48.9 Å². The fraction of sp³-hybridized carbons (Fsp3) is 0.278. The molecule has 4 heteroatoms. The van der Waals surface area contributed by atoms with Crippen LogP contribution in [-0.2, 0) is 0 Å². The van der Waals surface area contributed by atoms with Crippen molar-refractivity contribution in [3.05, 3.63) is 59.7 Å². The van der Waals surface area contributed by atoms with E-state index in [0.29, 0.717) is 12.1 Å². The van der Waals surface area contributed by atoms with Crippen molar-refractivity contribution < 1.29 is 5.11 Å². The van der Waals surface area contributed by atoms with Crippen molar-refractivity contribution in [1.29, 1.82) is 5.26 Å². The first kappa shape index (κ1) is 15.9. The fourth-order valence-corrected chi connectivity index (χ4v) is 2.27. The van der Waals surface area contributed by atoms with Crippen molar-refractivity contribution in [1.82, 2.24) is 0 Å². The lowest BCUT2D eigenvalue weighted by molar-refractivity contribution is 0.304. The molecular weight excluding hydrogens is 274 g/mol. The fourth-order valence-electron chi connectivity index (χ4n) is 2.27. The van der Waals surface area contributed by atoms with Crippen LogP contribution in [0.4, 0.5) is 11.4 Å². The number of aliphatic hydroxyl groups excluding tert-OH is 1. The van der Waals surface area contributed by atoms with E-state index in [9.17, 15) is 0 Å². The molecule has 0 aliphatic rings. The standard InChI is InChI=1S/C18H21N3O/c1-14(16-5-3-15(13-19)4-6-16)20-17-7-9-18(10-8-17)21(2)11-12-22/h3-10,14,20,22H,11-12H2,1-2H3. The average Bonchev–Trinajstić information content (AvgIpc) is 2.55. The maximum Gasteiger partial charge on any atom is 0.0991 e. The minimum absolute atomic E-state index is 0.145. The predicted molar refractivity (Wildman–Crippen MR) is 90.0 cm³/mol. The lowest BCUT2D eigenvalue weighted by Crippen LogP contribution is -2.20. The van der Waals surface area contributed by atoms with Gasteiger partial charge in [-0.3, -0.25) is 0 Å². The van der Waals surface area contributed by atoms with Gasteiger partial charge >= 0.3 is 0 Å². The Morgan fingerprint density at radius 1 is 1.14 bits per heavy atom. The van der Waals surface area contributed by atoms with Gasteiger partial charge in [0.2, 0.25) is 0 Å². The van der Waals surface area contributed by atoms with Crippen LogP contribution < -0.4 is 10.2 Å². The Bertz CT molecular complexity index is 629. The van der Waals surface area contributed by atoms with E-state index in [2.05, 4.69) is 18.3 Å². The predicted octanol–water partition coefficient (Wildman–Crippen LogP) is 3.16. The van der Waals surface area contributed by atoms with Crippen molar-refractivity contribution in [2.75, 3.05) is 30.4 Å². The van der Waals surface area contributed by atoms with Gasteiger partial charge in [0.25, 0.3) is 0 Å². The van der Waals surface area contributed by atoms with Crippen LogP contribution in [0.15, 0.2) is 48.5 Å². The maximum absolute atomic E-state index is 8.96. The van der Waals surface area contributed by atoms with E-state index in [1.807, 2.05) is 60.5 Å². The Balaban J connectivity index is 2.02. The number of benzene rings is 2. The number of hydrogen-bond donors (Lipinski definition) is 2. The largest absolute Gasteiger partial charge is 0.395 e. The van der Waals surface area contributed by atoms with Crippen LogP contribution in [0.5, 0.6) is 0 Å². The molecule has 2 rings (SSSR count). The molecule has 2 N–H and O–H groups in total. The zero-order valence-corrected chi connectivity index (χ0v) is 13.0. The summed E-state index contributed by atoms with van der Waals surface area (Å²) in [6.45, 7) is 2.85. The van der Waals surface area contributed by atoms with Crippen LogP contribution in [0, 0.1) is 11.3 Å². The van der Waals surface area contributed by atoms with Crippen molar-refractivity contribution in [3.63, 3.8) is 0 Å². The van der Waals surface area contributed by atoms with E-state index >= 15 is 0 Å². The van der Waals surface area contributed by atoms with Crippen molar-refractivity contribution in [2.24, 2.45) is 0 Å². The molecule has 0 saturated heterocycles. The van der Waals surface area contributed by atoms with Crippen LogP contribution in [0.1, 0.15) is 24.1 Å². The molecule has 4 nitrogen and oxygen atoms in total. The zero-order chi connectivity index (χ0) is 15.9. The highest BCUT2D eigenvalue weighted by molar-refractivity contribution is 5.55. The maximum atomic E-state index is 8.96. The number of likely N-dealkylation sites (N-methyl/N-ethyl adjacent to an activating group) is 1. The third-order valence-electron chi connectivity index (χ3n) is 3.67. The van der Waals surface area contributed by atoms with Gasteiger partial charge in [0.1, 0.15) is 0 Å². The first-order valence-electron chi connectivity index (χ1n) is 7.32. The number of nitrogens with one attached hydrogen (secondary N) is 1. The normalized spacial score (nSPS) is 11.5. The highest BCUT2D eigenvalue weighted by Gasteiger charge is 2.06. The summed E-state index contributed by atoms with van der Waals surface area (Å²) in [5, 5.41) is 21.2. The number of nitrogens with zero attached hydrogens (tertiary/aromatic N) is 2. The Kier molecular flexibility index (Phi) is 5.40. The number of hydrogen-bond acceptors (Lipinski definition) is 4. The highest BCUT2D eigenvalue weighted by atomic mass is 16.3. The van der Waals surface area contributed by atoms with E-state index in [-0.39, 0.29) is 12.6 Å². The van der Waals surface area contributed by atoms with Gasteiger partial charge in [-0.25, -0.2) is 0 Å². The number of rotatable bonds is 6. The summed E-state index contributed by atoms with van der Waals surface area (Å²) in [6.07, 6.45) is 0. The summed E-state index contributed by atoms with van der Waals surface area (Å²) < 4.78 is 0. The van der Waals surface area contributed by atoms with E-state index in [1.54, 1.807) is 0 Å². The molecule has 0 bridgehead atoms. The molecule has 0 saturated carbocycles. The minimum atomic E-state index is 0.145. The minimum Gasteiger partial charge on any atom is -0.395 e. The third-order valence-corrected chi connectivity index (χ3v) is 3.67. The molecule has 0 spiro atoms. The molecule has 0 amide bonds. The van der Waals surface area contributed by atoms with E-state index < -0.39 is 0 Å². The quantitative estimate of drug-likeness (QED) is 0.859. The van der Waals surface area contributed by atoms with Gasteiger partial charge in [-0.15, -0.1) is 0 Å². The Morgan fingerprint density at radius 3 is 2.32 bits per heavy atom. The van der Waals surface area contributed by atoms with Gasteiger partial charge in [-0.1, -0.05) is 12.1 Å². The van der Waals surface area contributed by atoms with Crippen LogP contribution in [-0.4, -0.2) is 25.3 Å². The van der Waals surface area contributed by atoms with Gasteiger partial charge < -0.3 is 15.3 Å². The van der Waals surface area contributed by atoms with Crippen molar-refractivity contribution in [3.8, 4) is 6.07 Å². The van der Waals surface area contributed by atoms with Crippen molar-refractivity contribution in [2.45, 2.75) is 13.0 Å². The molecule has 1 atom stereocenters. The molecule has 2 aromatic rings. The number of anilines is 2. The smallest absolute Gasteiger partial charge is 0.0991 e. The van der Waals surface area contributed by atoms with Crippen molar-refractivity contribution >= 4 is 11.4 Å². The molecule has 2 aromatic carbocycles. The Labute approximate surface area is 131 Å². The number of aliphatic hydroxyl groups is 1. The molecule has 0 fully saturated rings. The van der Waals surface area contributed by atoms with E-state index in [1.165, 1.54) is 0 Å². The molecule has 22 heavy (non-hydrogen) atoms. The third kappa shape index (κ3) is 4.00. The second-order valence-electron chi connectivity index (χ2n) is 5.29. The molecule has 1 unspecified atom stereocenters. The topological polar surface area (TPSA) is 59.3 Å². The monoisotopic (exact) mass is 295 g/mol. The van der Waals surface area contributed by atoms with Gasteiger partial charge in [0.15, 0.2) is 0 Å². The molecular formula is C18H21N3O. The first-order valence-corrected chi connectivity index (χ1v) is 7.32. The molecule has 0 aliphatic heterocycles. The molecule has 0 radical (unpaired) electrons. The van der Waals surface area contributed by atoms with Gasteiger partial charge in [0, 0.05) is 31.0 Å². The van der Waals surface area contributed by atoms with E-state index in [0.717, 1.165) is 16.9 Å². The van der Waals surface area contributed by atoms with Crippen LogP contribution in [0.2, 0.25) is 0 Å². The average molecular weight is 295 g/mol. The molecule has 0 aromatic heterocycles. The summed E-state index contributed by atoms with van der Waals surface area (Å²) in [6, 6.07) is 18.0. The Hall–Kier alpha value is -2.51. The lowest BCUT2D eigenvalue weighted by atomic mass is 10.1. The molecule has 0 aliphatic carbocycles. The Morgan fingerprint density at radius 2 is 1.77 bits per heavy atom. The lowest BCUT2D eigenvalue weighted by Gasteiger charge is -2.20. The second kappa shape index (κ2) is 7.48. The summed E-state index contributed by atoms with van der Waals surface area (Å²) in [4.78, 5) is 2.01. The number of nitriles is 1. The zero-order valence-electron chi connectivity index (χ0n) is 13.0. The van der Waals surface area contributed by atoms with Crippen LogP contribution >= 0.6 is 0 Å². The van der Waals surface area contributed by atoms with Crippen LogP contribution in [0.25, 0.3) is 0 Å². The van der Waals surface area contributed by atoms with E-state index in [4.69, 9.17) is 10.4 Å². The first-order chi connectivity index (χ1) is 10.6. The second-order valence-corrected chi connectivity index (χ2v) is 5.29. The molecule has 114 valence electrons. The summed E-state index contributed by atoms with van der Waals surface area (Å²) in [5.41, 5.74) is 3.93. The van der Waals surface area contributed by atoms with Gasteiger partial charge in [-0.2, -0.15) is 5.26 Å². The molecule has 0 heterocycles. The highest BCUT2D eigenvalue weighted by Crippen LogP contribution is 2.22. The summed E-state index contributed by atoms with van der Waals surface area (Å²) in [5.74, 6) is 0. The van der Waals surface area contributed by atoms with Crippen LogP contribution in [0.3, 0.4) is 0 Å². The summed E-state index contributed by atoms with van der Waals surface area (Å²) in [7, 11) is 1.96.